The number of rotatable bonds is 5. The van der Waals surface area contributed by atoms with Gasteiger partial charge >= 0.3 is 0 Å². The molecule has 0 atom stereocenters. The molecule has 3 rings (SSSR count). The summed E-state index contributed by atoms with van der Waals surface area (Å²) in [5, 5.41) is 0. The van der Waals surface area contributed by atoms with Gasteiger partial charge in [-0.15, -0.1) is 0 Å². The minimum Gasteiger partial charge on any atom is -0.364 e. The summed E-state index contributed by atoms with van der Waals surface area (Å²) in [6, 6.07) is 18.0. The first-order chi connectivity index (χ1) is 9.78. The maximum atomic E-state index is 5.94. The molecular weight excluding hydrogens is 244 g/mol. The Kier molecular flexibility index (Phi) is 3.75. The van der Waals surface area contributed by atoms with Crippen molar-refractivity contribution in [2.24, 2.45) is 5.73 Å². The third-order valence-corrected chi connectivity index (χ3v) is 3.95. The first kappa shape index (κ1) is 13.2. The maximum absolute atomic E-state index is 5.94. The molecule has 1 aliphatic rings. The van der Waals surface area contributed by atoms with Crippen LogP contribution in [0.5, 0.6) is 0 Å². The zero-order valence-corrected chi connectivity index (χ0v) is 12.0. The number of nitrogens with two attached hydrogens (primary N) is 1. The van der Waals surface area contributed by atoms with Crippen molar-refractivity contribution in [3.8, 4) is 0 Å². The average Bonchev–Trinajstić information content (AvgIpc) is 3.31. The third-order valence-electron chi connectivity index (χ3n) is 3.95. The predicted molar refractivity (Wildman–Crippen MR) is 84.7 cm³/mol. The quantitative estimate of drug-likeness (QED) is 0.895. The van der Waals surface area contributed by atoms with Crippen molar-refractivity contribution < 1.29 is 0 Å². The molecule has 0 saturated heterocycles. The summed E-state index contributed by atoms with van der Waals surface area (Å²) in [6.07, 6.45) is 2.59. The predicted octanol–water partition coefficient (Wildman–Crippen LogP) is 3.62. The van der Waals surface area contributed by atoms with Gasteiger partial charge in [0.05, 0.1) is 0 Å². The first-order valence-corrected chi connectivity index (χ1v) is 7.38. The summed E-state index contributed by atoms with van der Waals surface area (Å²) < 4.78 is 0. The number of anilines is 1. The van der Waals surface area contributed by atoms with Crippen LogP contribution < -0.4 is 10.6 Å². The normalized spacial score (nSPS) is 14.3. The molecular formula is C18H22N2. The van der Waals surface area contributed by atoms with Gasteiger partial charge in [0.15, 0.2) is 0 Å². The van der Waals surface area contributed by atoms with Gasteiger partial charge in [0.1, 0.15) is 0 Å². The van der Waals surface area contributed by atoms with E-state index in [1.54, 1.807) is 0 Å². The topological polar surface area (TPSA) is 29.3 Å². The van der Waals surface area contributed by atoms with Crippen molar-refractivity contribution in [2.75, 3.05) is 4.90 Å². The van der Waals surface area contributed by atoms with E-state index in [9.17, 15) is 0 Å². The Hall–Kier alpha value is -1.80. The van der Waals surface area contributed by atoms with Crippen molar-refractivity contribution in [3.63, 3.8) is 0 Å². The zero-order valence-electron chi connectivity index (χ0n) is 12.0. The Morgan fingerprint density at radius 2 is 1.85 bits per heavy atom. The van der Waals surface area contributed by atoms with Gasteiger partial charge in [-0.2, -0.15) is 0 Å². The van der Waals surface area contributed by atoms with Crippen LogP contribution >= 0.6 is 0 Å². The summed E-state index contributed by atoms with van der Waals surface area (Å²) in [7, 11) is 0. The molecule has 0 unspecified atom stereocenters. The molecule has 2 heteroatoms. The minimum absolute atomic E-state index is 0.606. The molecule has 0 aromatic heterocycles. The van der Waals surface area contributed by atoms with Crippen LogP contribution in [0.4, 0.5) is 5.69 Å². The fourth-order valence-electron chi connectivity index (χ4n) is 2.74. The number of aryl methyl sites for hydroxylation is 1. The summed E-state index contributed by atoms with van der Waals surface area (Å²) in [6.45, 7) is 3.71. The van der Waals surface area contributed by atoms with Gasteiger partial charge < -0.3 is 10.6 Å². The molecule has 0 radical (unpaired) electrons. The highest BCUT2D eigenvalue weighted by molar-refractivity contribution is 5.57. The zero-order chi connectivity index (χ0) is 13.9. The number of hydrogen-bond donors (Lipinski definition) is 1. The number of benzene rings is 2. The molecule has 0 bridgehead atoms. The van der Waals surface area contributed by atoms with Crippen LogP contribution in [0.3, 0.4) is 0 Å². The molecule has 2 aromatic carbocycles. The van der Waals surface area contributed by atoms with E-state index in [-0.39, 0.29) is 0 Å². The third kappa shape index (κ3) is 2.86. The van der Waals surface area contributed by atoms with E-state index in [2.05, 4.69) is 60.4 Å². The Bertz CT molecular complexity index is 573. The fraction of sp³-hybridized carbons (Fsp3) is 0.333. The van der Waals surface area contributed by atoms with Gasteiger partial charge in [-0.1, -0.05) is 48.0 Å². The van der Waals surface area contributed by atoms with Crippen molar-refractivity contribution >= 4 is 5.69 Å². The lowest BCUT2D eigenvalue weighted by Crippen LogP contribution is -2.26. The lowest BCUT2D eigenvalue weighted by molar-refractivity contribution is 0.786. The molecule has 2 aromatic rings. The lowest BCUT2D eigenvalue weighted by Gasteiger charge is -2.27. The van der Waals surface area contributed by atoms with Crippen molar-refractivity contribution in [2.45, 2.75) is 38.9 Å². The Balaban J connectivity index is 1.91. The van der Waals surface area contributed by atoms with Crippen molar-refractivity contribution in [3.05, 3.63) is 65.2 Å². The van der Waals surface area contributed by atoms with Crippen LogP contribution in [0.25, 0.3) is 0 Å². The van der Waals surface area contributed by atoms with Crippen molar-refractivity contribution in [1.82, 2.24) is 0 Å². The Morgan fingerprint density at radius 1 is 1.10 bits per heavy atom. The smallest absolute Gasteiger partial charge is 0.0432 e. The van der Waals surface area contributed by atoms with E-state index >= 15 is 0 Å². The van der Waals surface area contributed by atoms with Crippen LogP contribution in [0, 0.1) is 6.92 Å². The van der Waals surface area contributed by atoms with Gasteiger partial charge in [0, 0.05) is 24.8 Å². The fourth-order valence-corrected chi connectivity index (χ4v) is 2.74. The van der Waals surface area contributed by atoms with Gasteiger partial charge in [-0.05, 0) is 37.0 Å². The molecule has 104 valence electrons. The van der Waals surface area contributed by atoms with Gasteiger partial charge in [0.25, 0.3) is 0 Å². The highest BCUT2D eigenvalue weighted by Crippen LogP contribution is 2.35. The van der Waals surface area contributed by atoms with Crippen LogP contribution in [0.15, 0.2) is 48.5 Å². The molecule has 2 nitrogen and oxygen atoms in total. The van der Waals surface area contributed by atoms with E-state index in [1.807, 2.05) is 0 Å². The summed E-state index contributed by atoms with van der Waals surface area (Å²) in [4.78, 5) is 2.52. The van der Waals surface area contributed by atoms with E-state index < -0.39 is 0 Å². The summed E-state index contributed by atoms with van der Waals surface area (Å²) in [5.74, 6) is 0. The monoisotopic (exact) mass is 266 g/mol. The SMILES string of the molecule is Cc1ccc(N(Cc2ccccc2)C2CC2)c(CN)c1. The molecule has 1 saturated carbocycles. The molecule has 0 amide bonds. The van der Waals surface area contributed by atoms with Crippen LogP contribution in [0.1, 0.15) is 29.5 Å². The van der Waals surface area contributed by atoms with E-state index in [0.29, 0.717) is 12.6 Å². The first-order valence-electron chi connectivity index (χ1n) is 7.38. The van der Waals surface area contributed by atoms with Gasteiger partial charge in [-0.3, -0.25) is 0 Å². The molecule has 0 aliphatic heterocycles. The molecule has 1 aliphatic carbocycles. The highest BCUT2D eigenvalue weighted by atomic mass is 15.2. The van der Waals surface area contributed by atoms with E-state index in [0.717, 1.165) is 6.54 Å². The second-order valence-corrected chi connectivity index (χ2v) is 5.68. The minimum atomic E-state index is 0.606. The van der Waals surface area contributed by atoms with Crippen molar-refractivity contribution in [1.29, 1.82) is 0 Å². The maximum Gasteiger partial charge on any atom is 0.0432 e. The second kappa shape index (κ2) is 5.68. The van der Waals surface area contributed by atoms with Gasteiger partial charge in [0.2, 0.25) is 0 Å². The largest absolute Gasteiger partial charge is 0.364 e. The molecule has 0 heterocycles. The highest BCUT2D eigenvalue weighted by Gasteiger charge is 2.30. The molecule has 1 fully saturated rings. The Morgan fingerprint density at radius 3 is 2.50 bits per heavy atom. The summed E-state index contributed by atoms with van der Waals surface area (Å²) in [5.41, 5.74) is 11.2. The lowest BCUT2D eigenvalue weighted by atomic mass is 10.1. The summed E-state index contributed by atoms with van der Waals surface area (Å²) >= 11 is 0. The van der Waals surface area contributed by atoms with Crippen LogP contribution in [0.2, 0.25) is 0 Å². The van der Waals surface area contributed by atoms with E-state index in [1.165, 1.54) is 35.2 Å². The second-order valence-electron chi connectivity index (χ2n) is 5.68. The number of hydrogen-bond acceptors (Lipinski definition) is 2. The number of nitrogens with zero attached hydrogens (tertiary/aromatic N) is 1. The molecule has 2 N–H and O–H groups in total. The standard InChI is InChI=1S/C18H22N2/c1-14-7-10-18(16(11-14)12-19)20(17-8-9-17)13-15-5-3-2-4-6-15/h2-7,10-11,17H,8-9,12-13,19H2,1H3. The Labute approximate surface area is 121 Å². The molecule has 0 spiro atoms. The van der Waals surface area contributed by atoms with Gasteiger partial charge in [-0.25, -0.2) is 0 Å². The van der Waals surface area contributed by atoms with Crippen LogP contribution in [-0.2, 0) is 13.1 Å². The molecule has 20 heavy (non-hydrogen) atoms. The van der Waals surface area contributed by atoms with E-state index in [4.69, 9.17) is 5.73 Å². The van der Waals surface area contributed by atoms with Crippen LogP contribution in [-0.4, -0.2) is 6.04 Å². The average molecular weight is 266 g/mol.